The standard InChI is InChI=1S/C20H23N5O2S/c1-12-5-8-15(9-6-12)18-23-24-20(25(18)21)28-14(3)19(26)22-16-11-13(2)7-10-17(16)27-4/h5-11,14H,21H2,1-4H3,(H,22,26)/t14-/m1/s1. The Balaban J connectivity index is 1.73. The van der Waals surface area contributed by atoms with Gasteiger partial charge in [-0.3, -0.25) is 4.79 Å². The van der Waals surface area contributed by atoms with Crippen LogP contribution in [-0.4, -0.2) is 33.1 Å². The molecule has 146 valence electrons. The van der Waals surface area contributed by atoms with Crippen molar-refractivity contribution in [3.63, 3.8) is 0 Å². The molecule has 3 N–H and O–H groups in total. The first-order valence-electron chi connectivity index (χ1n) is 8.78. The second kappa shape index (κ2) is 8.35. The zero-order valence-corrected chi connectivity index (χ0v) is 17.1. The van der Waals surface area contributed by atoms with Gasteiger partial charge in [0, 0.05) is 5.56 Å². The number of nitrogens with two attached hydrogens (primary N) is 1. The normalized spacial score (nSPS) is 11.9. The number of aryl methyl sites for hydroxylation is 2. The summed E-state index contributed by atoms with van der Waals surface area (Å²) in [7, 11) is 1.57. The number of amides is 1. The molecule has 1 atom stereocenters. The smallest absolute Gasteiger partial charge is 0.237 e. The number of ether oxygens (including phenoxy) is 1. The number of hydrogen-bond donors (Lipinski definition) is 2. The Morgan fingerprint density at radius 3 is 2.50 bits per heavy atom. The molecule has 1 aromatic heterocycles. The summed E-state index contributed by atoms with van der Waals surface area (Å²) >= 11 is 1.25. The zero-order valence-electron chi connectivity index (χ0n) is 16.3. The Morgan fingerprint density at radius 1 is 1.14 bits per heavy atom. The largest absolute Gasteiger partial charge is 0.495 e. The van der Waals surface area contributed by atoms with E-state index in [9.17, 15) is 4.79 Å². The minimum absolute atomic E-state index is 0.172. The molecule has 8 heteroatoms. The number of hydrogen-bond acceptors (Lipinski definition) is 6. The van der Waals surface area contributed by atoms with E-state index < -0.39 is 5.25 Å². The maximum Gasteiger partial charge on any atom is 0.237 e. The number of carbonyl (C=O) groups excluding carboxylic acids is 1. The molecule has 0 aliphatic carbocycles. The number of nitrogen functional groups attached to an aromatic ring is 1. The van der Waals surface area contributed by atoms with Crippen LogP contribution in [0.2, 0.25) is 0 Å². The molecule has 3 rings (SSSR count). The van der Waals surface area contributed by atoms with Gasteiger partial charge in [-0.25, -0.2) is 4.68 Å². The first-order chi connectivity index (χ1) is 13.4. The van der Waals surface area contributed by atoms with E-state index >= 15 is 0 Å². The predicted molar refractivity (Wildman–Crippen MR) is 112 cm³/mol. The lowest BCUT2D eigenvalue weighted by Gasteiger charge is -2.14. The van der Waals surface area contributed by atoms with Crippen LogP contribution in [0.15, 0.2) is 47.6 Å². The molecular formula is C20H23N5O2S. The molecule has 0 spiro atoms. The average Bonchev–Trinajstić information content (AvgIpc) is 3.03. The molecule has 2 aromatic carbocycles. The summed E-state index contributed by atoms with van der Waals surface area (Å²) in [5, 5.41) is 11.2. The molecule has 1 amide bonds. The van der Waals surface area contributed by atoms with Crippen LogP contribution < -0.4 is 15.9 Å². The maximum atomic E-state index is 12.6. The quantitative estimate of drug-likeness (QED) is 0.489. The van der Waals surface area contributed by atoms with Crippen LogP contribution in [-0.2, 0) is 4.79 Å². The molecule has 7 nitrogen and oxygen atoms in total. The van der Waals surface area contributed by atoms with E-state index in [2.05, 4.69) is 15.5 Å². The number of aromatic nitrogens is 3. The van der Waals surface area contributed by atoms with Crippen molar-refractivity contribution in [3.8, 4) is 17.1 Å². The highest BCUT2D eigenvalue weighted by Crippen LogP contribution is 2.28. The summed E-state index contributed by atoms with van der Waals surface area (Å²) < 4.78 is 6.72. The highest BCUT2D eigenvalue weighted by molar-refractivity contribution is 8.00. The highest BCUT2D eigenvalue weighted by Gasteiger charge is 2.21. The summed E-state index contributed by atoms with van der Waals surface area (Å²) in [6, 6.07) is 13.5. The van der Waals surface area contributed by atoms with Gasteiger partial charge in [-0.05, 0) is 38.5 Å². The number of thioether (sulfide) groups is 1. The van der Waals surface area contributed by atoms with Crippen LogP contribution in [0.5, 0.6) is 5.75 Å². The van der Waals surface area contributed by atoms with E-state index in [0.29, 0.717) is 22.4 Å². The molecule has 0 fully saturated rings. The van der Waals surface area contributed by atoms with E-state index in [1.165, 1.54) is 16.4 Å². The number of rotatable bonds is 6. The molecule has 0 saturated heterocycles. The van der Waals surface area contributed by atoms with Crippen molar-refractivity contribution < 1.29 is 9.53 Å². The SMILES string of the molecule is COc1ccc(C)cc1NC(=O)[C@@H](C)Sc1nnc(-c2ccc(C)cc2)n1N. The molecule has 3 aromatic rings. The van der Waals surface area contributed by atoms with Crippen LogP contribution in [0, 0.1) is 13.8 Å². The van der Waals surface area contributed by atoms with E-state index in [-0.39, 0.29) is 5.91 Å². The molecule has 0 aliphatic heterocycles. The fraction of sp³-hybridized carbons (Fsp3) is 0.250. The van der Waals surface area contributed by atoms with Gasteiger partial charge < -0.3 is 15.9 Å². The number of anilines is 1. The zero-order chi connectivity index (χ0) is 20.3. The van der Waals surface area contributed by atoms with Gasteiger partial charge in [0.25, 0.3) is 0 Å². The second-order valence-corrected chi connectivity index (χ2v) is 7.80. The van der Waals surface area contributed by atoms with E-state index in [4.69, 9.17) is 10.6 Å². The molecule has 0 radical (unpaired) electrons. The van der Waals surface area contributed by atoms with Crippen molar-refractivity contribution in [1.29, 1.82) is 0 Å². The highest BCUT2D eigenvalue weighted by atomic mass is 32.2. The summed E-state index contributed by atoms with van der Waals surface area (Å²) in [5.41, 5.74) is 3.68. The van der Waals surface area contributed by atoms with Gasteiger partial charge in [0.2, 0.25) is 11.1 Å². The van der Waals surface area contributed by atoms with Gasteiger partial charge in [-0.15, -0.1) is 10.2 Å². The van der Waals surface area contributed by atoms with Crippen molar-refractivity contribution in [2.45, 2.75) is 31.2 Å². The Kier molecular flexibility index (Phi) is 5.89. The topological polar surface area (TPSA) is 95.1 Å². The summed E-state index contributed by atoms with van der Waals surface area (Å²) in [6.45, 7) is 5.76. The van der Waals surface area contributed by atoms with Gasteiger partial charge in [0.05, 0.1) is 18.0 Å². The maximum absolute atomic E-state index is 12.6. The Morgan fingerprint density at radius 2 is 1.82 bits per heavy atom. The molecule has 28 heavy (non-hydrogen) atoms. The molecule has 0 unspecified atom stereocenters. The predicted octanol–water partition coefficient (Wildman–Crippen LogP) is 3.40. The number of nitrogens with one attached hydrogen (secondary N) is 1. The van der Waals surface area contributed by atoms with E-state index in [1.807, 2.05) is 56.3 Å². The summed E-state index contributed by atoms with van der Waals surface area (Å²) in [5.74, 6) is 7.15. The van der Waals surface area contributed by atoms with Gasteiger partial charge in [-0.1, -0.05) is 47.7 Å². The Bertz CT molecular complexity index is 985. The fourth-order valence-corrected chi connectivity index (χ4v) is 3.39. The average molecular weight is 398 g/mol. The van der Waals surface area contributed by atoms with Crippen molar-refractivity contribution in [3.05, 3.63) is 53.6 Å². The summed E-state index contributed by atoms with van der Waals surface area (Å²) in [4.78, 5) is 12.6. The Labute approximate surface area is 168 Å². The third kappa shape index (κ3) is 4.28. The second-order valence-electron chi connectivity index (χ2n) is 6.50. The first-order valence-corrected chi connectivity index (χ1v) is 9.66. The minimum atomic E-state index is -0.428. The fourth-order valence-electron chi connectivity index (χ4n) is 2.62. The first kappa shape index (κ1) is 19.8. The monoisotopic (exact) mass is 397 g/mol. The third-order valence-electron chi connectivity index (χ3n) is 4.24. The van der Waals surface area contributed by atoms with E-state index in [0.717, 1.165) is 16.7 Å². The molecule has 1 heterocycles. The molecule has 0 bridgehead atoms. The van der Waals surface area contributed by atoms with Crippen LogP contribution in [0.25, 0.3) is 11.4 Å². The van der Waals surface area contributed by atoms with Crippen molar-refractivity contribution in [2.24, 2.45) is 0 Å². The van der Waals surface area contributed by atoms with Crippen molar-refractivity contribution in [1.82, 2.24) is 14.9 Å². The van der Waals surface area contributed by atoms with Crippen molar-refractivity contribution in [2.75, 3.05) is 18.3 Å². The number of carbonyl (C=O) groups is 1. The van der Waals surface area contributed by atoms with Crippen LogP contribution in [0.3, 0.4) is 0 Å². The van der Waals surface area contributed by atoms with Gasteiger partial charge >= 0.3 is 0 Å². The number of nitrogens with zero attached hydrogens (tertiary/aromatic N) is 3. The minimum Gasteiger partial charge on any atom is -0.495 e. The molecular weight excluding hydrogens is 374 g/mol. The number of benzene rings is 2. The van der Waals surface area contributed by atoms with Crippen LogP contribution in [0.1, 0.15) is 18.1 Å². The lowest BCUT2D eigenvalue weighted by atomic mass is 10.1. The van der Waals surface area contributed by atoms with E-state index in [1.54, 1.807) is 14.0 Å². The van der Waals surface area contributed by atoms with Gasteiger partial charge in [0.15, 0.2) is 5.82 Å². The van der Waals surface area contributed by atoms with Crippen LogP contribution >= 0.6 is 11.8 Å². The van der Waals surface area contributed by atoms with Crippen LogP contribution in [0.4, 0.5) is 5.69 Å². The summed E-state index contributed by atoms with van der Waals surface area (Å²) in [6.07, 6.45) is 0. The van der Waals surface area contributed by atoms with Crippen molar-refractivity contribution >= 4 is 23.4 Å². The number of methoxy groups -OCH3 is 1. The third-order valence-corrected chi connectivity index (χ3v) is 5.30. The Hall–Kier alpha value is -3.00. The van der Waals surface area contributed by atoms with Gasteiger partial charge in [0.1, 0.15) is 5.75 Å². The lowest BCUT2D eigenvalue weighted by molar-refractivity contribution is -0.115. The molecule has 0 aliphatic rings. The van der Waals surface area contributed by atoms with Gasteiger partial charge in [-0.2, -0.15) is 0 Å². The molecule has 0 saturated carbocycles. The lowest BCUT2D eigenvalue weighted by Crippen LogP contribution is -2.24.